The van der Waals surface area contributed by atoms with Crippen LogP contribution in [-0.4, -0.2) is 28.0 Å². The highest BCUT2D eigenvalue weighted by Crippen LogP contribution is 2.36. The van der Waals surface area contributed by atoms with E-state index in [1.165, 1.54) is 12.3 Å². The Hall–Kier alpha value is -3.23. The molecule has 4 aromatic rings. The molecule has 0 bridgehead atoms. The molecule has 0 aliphatic rings. The summed E-state index contributed by atoms with van der Waals surface area (Å²) in [7, 11) is 0. The summed E-state index contributed by atoms with van der Waals surface area (Å²) in [5.74, 6) is 1.63. The average molecular weight is 514 g/mol. The standard InChI is InChI=1S/C27H27ClF3N5/c1-17(2)15-32-16-24-35-23-14-19(25-21(27(29,30)31)7-5-12-33-25)9-10-20(23)26(36-24)34-13-11-18-6-3-4-8-22(18)28/h3-10,12,14,17,32H,11,13,15-16H2,1-2H3,(H,34,35,36). The molecular weight excluding hydrogens is 487 g/mol. The molecule has 9 heteroatoms. The zero-order valence-electron chi connectivity index (χ0n) is 20.0. The first-order chi connectivity index (χ1) is 17.2. The Morgan fingerprint density at radius 2 is 1.81 bits per heavy atom. The molecule has 36 heavy (non-hydrogen) atoms. The van der Waals surface area contributed by atoms with Crippen molar-refractivity contribution in [3.05, 3.63) is 82.8 Å². The first kappa shape index (κ1) is 25.9. The molecule has 2 aromatic heterocycles. The number of nitrogens with one attached hydrogen (secondary N) is 2. The van der Waals surface area contributed by atoms with Crippen LogP contribution < -0.4 is 10.6 Å². The highest BCUT2D eigenvalue weighted by molar-refractivity contribution is 6.31. The smallest absolute Gasteiger partial charge is 0.369 e. The normalized spacial score (nSPS) is 11.9. The molecule has 0 aliphatic heterocycles. The number of hydrogen-bond donors (Lipinski definition) is 2. The maximum absolute atomic E-state index is 13.6. The van der Waals surface area contributed by atoms with Crippen molar-refractivity contribution in [2.75, 3.05) is 18.4 Å². The molecule has 0 atom stereocenters. The Bertz CT molecular complexity index is 1340. The minimum atomic E-state index is -4.51. The minimum absolute atomic E-state index is 0.127. The molecule has 0 fully saturated rings. The van der Waals surface area contributed by atoms with Crippen molar-refractivity contribution in [1.29, 1.82) is 0 Å². The van der Waals surface area contributed by atoms with Crippen LogP contribution in [0.4, 0.5) is 19.0 Å². The number of fused-ring (bicyclic) bond motifs is 1. The first-order valence-corrected chi connectivity index (χ1v) is 12.1. The molecule has 0 aliphatic carbocycles. The lowest BCUT2D eigenvalue weighted by atomic mass is 10.0. The second-order valence-corrected chi connectivity index (χ2v) is 9.32. The molecule has 0 unspecified atom stereocenters. The molecular formula is C27H27ClF3N5. The summed E-state index contributed by atoms with van der Waals surface area (Å²) in [6, 6.07) is 15.0. The summed E-state index contributed by atoms with van der Waals surface area (Å²) in [6.45, 7) is 6.02. The number of pyridine rings is 1. The summed E-state index contributed by atoms with van der Waals surface area (Å²) >= 11 is 6.28. The summed E-state index contributed by atoms with van der Waals surface area (Å²) in [4.78, 5) is 13.4. The molecule has 0 amide bonds. The van der Waals surface area contributed by atoms with Gasteiger partial charge in [0.25, 0.3) is 0 Å². The number of halogens is 4. The lowest BCUT2D eigenvalue weighted by Crippen LogP contribution is -2.21. The zero-order valence-corrected chi connectivity index (χ0v) is 20.8. The van der Waals surface area contributed by atoms with Crippen molar-refractivity contribution in [3.8, 4) is 11.3 Å². The SMILES string of the molecule is CC(C)CNCc1nc(NCCc2ccccc2Cl)c2ccc(-c3ncccc3C(F)(F)F)cc2n1. The van der Waals surface area contributed by atoms with Crippen LogP contribution in [0.5, 0.6) is 0 Å². The van der Waals surface area contributed by atoms with Crippen LogP contribution in [0.1, 0.15) is 30.8 Å². The van der Waals surface area contributed by atoms with Gasteiger partial charge in [0.05, 0.1) is 23.3 Å². The molecule has 0 saturated heterocycles. The van der Waals surface area contributed by atoms with Crippen molar-refractivity contribution in [3.63, 3.8) is 0 Å². The third-order valence-corrected chi connectivity index (χ3v) is 5.98. The molecule has 0 saturated carbocycles. The maximum Gasteiger partial charge on any atom is 0.418 e. The topological polar surface area (TPSA) is 62.7 Å². The predicted octanol–water partition coefficient (Wildman–Crippen LogP) is 6.76. The molecule has 188 valence electrons. The molecule has 0 radical (unpaired) electrons. The second kappa shape index (κ2) is 11.2. The Morgan fingerprint density at radius 3 is 2.56 bits per heavy atom. The predicted molar refractivity (Wildman–Crippen MR) is 138 cm³/mol. The van der Waals surface area contributed by atoms with Gasteiger partial charge in [0, 0.05) is 28.7 Å². The second-order valence-electron chi connectivity index (χ2n) is 8.91. The van der Waals surface area contributed by atoms with Crippen molar-refractivity contribution in [2.24, 2.45) is 5.92 Å². The summed E-state index contributed by atoms with van der Waals surface area (Å²) in [5.41, 5.74) is 0.995. The van der Waals surface area contributed by atoms with Gasteiger partial charge in [0.2, 0.25) is 0 Å². The van der Waals surface area contributed by atoms with Gasteiger partial charge in [-0.2, -0.15) is 13.2 Å². The molecule has 2 N–H and O–H groups in total. The summed E-state index contributed by atoms with van der Waals surface area (Å²) < 4.78 is 40.8. The van der Waals surface area contributed by atoms with Crippen LogP contribution in [0.2, 0.25) is 5.02 Å². The Morgan fingerprint density at radius 1 is 1.00 bits per heavy atom. The van der Waals surface area contributed by atoms with Gasteiger partial charge in [-0.1, -0.05) is 49.7 Å². The number of benzene rings is 2. The van der Waals surface area contributed by atoms with E-state index in [4.69, 9.17) is 16.6 Å². The Balaban J connectivity index is 1.68. The average Bonchev–Trinajstić information content (AvgIpc) is 2.84. The third-order valence-electron chi connectivity index (χ3n) is 5.61. The Labute approximate surface area is 213 Å². The quantitative estimate of drug-likeness (QED) is 0.259. The van der Waals surface area contributed by atoms with Crippen LogP contribution in [0.25, 0.3) is 22.2 Å². The molecule has 2 heterocycles. The van der Waals surface area contributed by atoms with E-state index < -0.39 is 11.7 Å². The monoisotopic (exact) mass is 513 g/mol. The van der Waals surface area contributed by atoms with Gasteiger partial charge in [0.1, 0.15) is 11.6 Å². The lowest BCUT2D eigenvalue weighted by molar-refractivity contribution is -0.137. The van der Waals surface area contributed by atoms with E-state index in [0.717, 1.165) is 23.6 Å². The lowest BCUT2D eigenvalue weighted by Gasteiger charge is -2.15. The fourth-order valence-corrected chi connectivity index (χ4v) is 4.12. The van der Waals surface area contributed by atoms with E-state index in [-0.39, 0.29) is 5.69 Å². The van der Waals surface area contributed by atoms with E-state index in [9.17, 15) is 13.2 Å². The van der Waals surface area contributed by atoms with Crippen molar-refractivity contribution >= 4 is 28.3 Å². The number of anilines is 1. The van der Waals surface area contributed by atoms with Crippen molar-refractivity contribution < 1.29 is 13.2 Å². The van der Waals surface area contributed by atoms with E-state index in [2.05, 4.69) is 34.4 Å². The van der Waals surface area contributed by atoms with Crippen LogP contribution in [0.15, 0.2) is 60.8 Å². The van der Waals surface area contributed by atoms with E-state index >= 15 is 0 Å². The molecule has 5 nitrogen and oxygen atoms in total. The van der Waals surface area contributed by atoms with Gasteiger partial charge < -0.3 is 10.6 Å². The number of rotatable bonds is 9. The van der Waals surface area contributed by atoms with Crippen LogP contribution in [0.3, 0.4) is 0 Å². The van der Waals surface area contributed by atoms with Gasteiger partial charge in [-0.3, -0.25) is 4.98 Å². The molecule has 2 aromatic carbocycles. The maximum atomic E-state index is 13.6. The van der Waals surface area contributed by atoms with Gasteiger partial charge >= 0.3 is 6.18 Å². The van der Waals surface area contributed by atoms with Crippen molar-refractivity contribution in [1.82, 2.24) is 20.3 Å². The van der Waals surface area contributed by atoms with Gasteiger partial charge in [-0.15, -0.1) is 0 Å². The van der Waals surface area contributed by atoms with Crippen LogP contribution in [-0.2, 0) is 19.1 Å². The summed E-state index contributed by atoms with van der Waals surface area (Å²) in [6.07, 6.45) is -2.47. The van der Waals surface area contributed by atoms with E-state index in [0.29, 0.717) is 53.2 Å². The number of alkyl halides is 3. The van der Waals surface area contributed by atoms with Crippen LogP contribution in [0, 0.1) is 5.92 Å². The van der Waals surface area contributed by atoms with Gasteiger partial charge in [0.15, 0.2) is 0 Å². The van der Waals surface area contributed by atoms with E-state index in [1.54, 1.807) is 18.2 Å². The largest absolute Gasteiger partial charge is 0.418 e. The minimum Gasteiger partial charge on any atom is -0.369 e. The van der Waals surface area contributed by atoms with Gasteiger partial charge in [-0.25, -0.2) is 9.97 Å². The van der Waals surface area contributed by atoms with E-state index in [1.807, 2.05) is 24.3 Å². The summed E-state index contributed by atoms with van der Waals surface area (Å²) in [5, 5.41) is 8.11. The Kier molecular flexibility index (Phi) is 8.06. The third kappa shape index (κ3) is 6.30. The molecule has 4 rings (SSSR count). The van der Waals surface area contributed by atoms with Crippen LogP contribution >= 0.6 is 11.6 Å². The number of aromatic nitrogens is 3. The number of hydrogen-bond acceptors (Lipinski definition) is 5. The van der Waals surface area contributed by atoms with Crippen molar-refractivity contribution in [2.45, 2.75) is 33.0 Å². The van der Waals surface area contributed by atoms with Gasteiger partial charge in [-0.05, 0) is 54.8 Å². The highest BCUT2D eigenvalue weighted by atomic mass is 35.5. The zero-order chi connectivity index (χ0) is 25.7. The fourth-order valence-electron chi connectivity index (χ4n) is 3.89. The number of nitrogens with zero attached hydrogens (tertiary/aromatic N) is 3. The fraction of sp³-hybridized carbons (Fsp3) is 0.296. The molecule has 0 spiro atoms. The first-order valence-electron chi connectivity index (χ1n) is 11.7. The highest BCUT2D eigenvalue weighted by Gasteiger charge is 2.34.